The second-order valence-electron chi connectivity index (χ2n) is 5.76. The van der Waals surface area contributed by atoms with Crippen molar-refractivity contribution in [2.75, 3.05) is 36.5 Å². The lowest BCUT2D eigenvalue weighted by atomic mass is 10.2. The summed E-state index contributed by atoms with van der Waals surface area (Å²) < 4.78 is 19.6. The lowest BCUT2D eigenvalue weighted by molar-refractivity contribution is -0.111. The molecule has 2 aromatic rings. The lowest BCUT2D eigenvalue weighted by Gasteiger charge is -2.29. The normalized spacial score (nSPS) is 14.7. The monoisotopic (exact) mass is 394 g/mol. The van der Waals surface area contributed by atoms with E-state index in [2.05, 4.69) is 5.32 Å². The highest BCUT2D eigenvalue weighted by atomic mass is 35.5. The fourth-order valence-corrected chi connectivity index (χ4v) is 2.92. The molecular weight excluding hydrogens is 378 g/mol. The Morgan fingerprint density at radius 3 is 2.58 bits per heavy atom. The molecule has 7 heteroatoms. The van der Waals surface area contributed by atoms with Crippen molar-refractivity contribution in [3.63, 3.8) is 0 Å². The third-order valence-corrected chi connectivity index (χ3v) is 4.68. The minimum atomic E-state index is -0.377. The van der Waals surface area contributed by atoms with Gasteiger partial charge in [-0.2, -0.15) is 0 Å². The molecule has 0 aliphatic carbocycles. The number of carbonyl (C=O) groups excluding carboxylic acids is 1. The zero-order chi connectivity index (χ0) is 18.5. The molecule has 3 rings (SSSR count). The minimum absolute atomic E-state index is 0.366. The number of hydrogen-bond acceptors (Lipinski definition) is 3. The molecule has 1 fully saturated rings. The molecule has 0 bridgehead atoms. The Morgan fingerprint density at radius 2 is 1.88 bits per heavy atom. The Morgan fingerprint density at radius 1 is 1.12 bits per heavy atom. The molecule has 26 heavy (non-hydrogen) atoms. The van der Waals surface area contributed by atoms with Crippen LogP contribution in [-0.4, -0.2) is 32.2 Å². The van der Waals surface area contributed by atoms with Crippen LogP contribution in [0.2, 0.25) is 10.0 Å². The number of carbonyl (C=O) groups is 1. The van der Waals surface area contributed by atoms with Crippen molar-refractivity contribution in [3.8, 4) is 0 Å². The van der Waals surface area contributed by atoms with E-state index >= 15 is 0 Å². The fraction of sp³-hybridized carbons (Fsp3) is 0.211. The number of nitrogens with zero attached hydrogens (tertiary/aromatic N) is 1. The molecule has 0 aromatic heterocycles. The minimum Gasteiger partial charge on any atom is -0.378 e. The molecule has 136 valence electrons. The molecule has 1 saturated heterocycles. The van der Waals surface area contributed by atoms with Crippen molar-refractivity contribution in [2.24, 2.45) is 0 Å². The number of benzene rings is 2. The first-order chi connectivity index (χ1) is 12.5. The van der Waals surface area contributed by atoms with E-state index in [0.717, 1.165) is 5.56 Å². The first-order valence-electron chi connectivity index (χ1n) is 8.09. The third-order valence-electron chi connectivity index (χ3n) is 3.94. The van der Waals surface area contributed by atoms with E-state index in [-0.39, 0.29) is 11.7 Å². The molecule has 1 heterocycles. The summed E-state index contributed by atoms with van der Waals surface area (Å²) in [5.74, 6) is -0.743. The van der Waals surface area contributed by atoms with Gasteiger partial charge in [0.2, 0.25) is 5.91 Å². The largest absolute Gasteiger partial charge is 0.378 e. The van der Waals surface area contributed by atoms with Gasteiger partial charge in [-0.05, 0) is 42.0 Å². The number of halogens is 3. The summed E-state index contributed by atoms with van der Waals surface area (Å²) in [6, 6.07) is 9.72. The summed E-state index contributed by atoms with van der Waals surface area (Å²) in [5.41, 5.74) is 1.64. The summed E-state index contributed by atoms with van der Waals surface area (Å²) >= 11 is 11.8. The fourth-order valence-electron chi connectivity index (χ4n) is 2.62. The van der Waals surface area contributed by atoms with E-state index in [1.807, 2.05) is 4.90 Å². The van der Waals surface area contributed by atoms with E-state index in [1.165, 1.54) is 12.1 Å². The van der Waals surface area contributed by atoms with Crippen molar-refractivity contribution in [2.45, 2.75) is 0 Å². The van der Waals surface area contributed by atoms with Crippen LogP contribution in [0.1, 0.15) is 5.56 Å². The molecule has 2 aromatic carbocycles. The molecule has 0 atom stereocenters. The van der Waals surface area contributed by atoms with Crippen LogP contribution in [0.4, 0.5) is 15.8 Å². The first-order valence-corrected chi connectivity index (χ1v) is 8.85. The molecule has 0 spiro atoms. The number of ether oxygens (including phenoxy) is 1. The summed E-state index contributed by atoms with van der Waals surface area (Å²) in [6.07, 6.45) is 2.96. The number of hydrogen-bond donors (Lipinski definition) is 1. The van der Waals surface area contributed by atoms with Gasteiger partial charge in [0.1, 0.15) is 5.82 Å². The topological polar surface area (TPSA) is 41.6 Å². The molecule has 1 amide bonds. The predicted molar refractivity (Wildman–Crippen MR) is 104 cm³/mol. The first kappa shape index (κ1) is 18.7. The Hall–Kier alpha value is -2.08. The average Bonchev–Trinajstić information content (AvgIpc) is 2.63. The summed E-state index contributed by atoms with van der Waals surface area (Å²) in [7, 11) is 0. The molecule has 0 radical (unpaired) electrons. The Labute approximate surface area is 161 Å². The second kappa shape index (κ2) is 8.54. The van der Waals surface area contributed by atoms with Crippen LogP contribution >= 0.6 is 23.2 Å². The number of anilines is 2. The van der Waals surface area contributed by atoms with Crippen LogP contribution in [-0.2, 0) is 9.53 Å². The Balaban J connectivity index is 1.64. The highest BCUT2D eigenvalue weighted by Crippen LogP contribution is 2.24. The van der Waals surface area contributed by atoms with Gasteiger partial charge in [-0.3, -0.25) is 4.79 Å². The standard InChI is InChI=1S/C19H17Cl2FN2O2/c20-15-4-1-13(11-16(15)21)2-6-19(25)23-14-3-5-18(17(22)12-14)24-7-9-26-10-8-24/h1-6,11-12H,7-10H2,(H,23,25)/b6-2+. The molecule has 0 unspecified atom stereocenters. The number of amides is 1. The Bertz CT molecular complexity index is 836. The van der Waals surface area contributed by atoms with Crippen LogP contribution in [0.15, 0.2) is 42.5 Å². The number of rotatable bonds is 4. The summed E-state index contributed by atoms with van der Waals surface area (Å²) in [6.45, 7) is 2.46. The van der Waals surface area contributed by atoms with Gasteiger partial charge in [0.25, 0.3) is 0 Å². The second-order valence-corrected chi connectivity index (χ2v) is 6.58. The van der Waals surface area contributed by atoms with Crippen LogP contribution in [0.3, 0.4) is 0 Å². The number of morpholine rings is 1. The van der Waals surface area contributed by atoms with Crippen LogP contribution in [0, 0.1) is 5.82 Å². The third kappa shape index (κ3) is 4.75. The van der Waals surface area contributed by atoms with E-state index in [0.29, 0.717) is 47.7 Å². The summed E-state index contributed by atoms with van der Waals surface area (Å²) in [5, 5.41) is 3.50. The van der Waals surface area contributed by atoms with Gasteiger partial charge in [0, 0.05) is 24.9 Å². The maximum absolute atomic E-state index is 14.3. The van der Waals surface area contributed by atoms with E-state index in [9.17, 15) is 9.18 Å². The zero-order valence-corrected chi connectivity index (χ0v) is 15.4. The predicted octanol–water partition coefficient (Wildman–Crippen LogP) is 4.62. The van der Waals surface area contributed by atoms with Gasteiger partial charge in [-0.15, -0.1) is 0 Å². The van der Waals surface area contributed by atoms with E-state index in [4.69, 9.17) is 27.9 Å². The highest BCUT2D eigenvalue weighted by Gasteiger charge is 2.15. The smallest absolute Gasteiger partial charge is 0.248 e. The molecular formula is C19H17Cl2FN2O2. The van der Waals surface area contributed by atoms with Gasteiger partial charge in [-0.1, -0.05) is 29.3 Å². The lowest BCUT2D eigenvalue weighted by Crippen LogP contribution is -2.36. The van der Waals surface area contributed by atoms with Gasteiger partial charge in [0.05, 0.1) is 28.9 Å². The van der Waals surface area contributed by atoms with Crippen molar-refractivity contribution < 1.29 is 13.9 Å². The SMILES string of the molecule is O=C(/C=C/c1ccc(Cl)c(Cl)c1)Nc1ccc(N2CCOCC2)c(F)c1. The number of nitrogens with one attached hydrogen (secondary N) is 1. The molecule has 4 nitrogen and oxygen atoms in total. The van der Waals surface area contributed by atoms with Crippen LogP contribution in [0.5, 0.6) is 0 Å². The molecule has 0 saturated carbocycles. The van der Waals surface area contributed by atoms with Gasteiger partial charge < -0.3 is 15.0 Å². The van der Waals surface area contributed by atoms with E-state index in [1.54, 1.807) is 36.4 Å². The van der Waals surface area contributed by atoms with Gasteiger partial charge in [-0.25, -0.2) is 4.39 Å². The van der Waals surface area contributed by atoms with Crippen LogP contribution in [0.25, 0.3) is 6.08 Å². The maximum Gasteiger partial charge on any atom is 0.248 e. The van der Waals surface area contributed by atoms with Crippen molar-refractivity contribution in [3.05, 3.63) is 63.9 Å². The highest BCUT2D eigenvalue weighted by molar-refractivity contribution is 6.42. The van der Waals surface area contributed by atoms with Crippen molar-refractivity contribution in [1.82, 2.24) is 0 Å². The van der Waals surface area contributed by atoms with Gasteiger partial charge in [0.15, 0.2) is 0 Å². The summed E-state index contributed by atoms with van der Waals surface area (Å²) in [4.78, 5) is 14.0. The van der Waals surface area contributed by atoms with Crippen molar-refractivity contribution >= 4 is 46.6 Å². The average molecular weight is 395 g/mol. The molecule has 1 N–H and O–H groups in total. The zero-order valence-electron chi connectivity index (χ0n) is 13.8. The van der Waals surface area contributed by atoms with Crippen molar-refractivity contribution in [1.29, 1.82) is 0 Å². The quantitative estimate of drug-likeness (QED) is 0.769. The van der Waals surface area contributed by atoms with E-state index < -0.39 is 0 Å². The molecule has 1 aliphatic heterocycles. The maximum atomic E-state index is 14.3. The van der Waals surface area contributed by atoms with Gasteiger partial charge >= 0.3 is 0 Å². The Kier molecular flexibility index (Phi) is 6.14. The molecule has 1 aliphatic rings. The van der Waals surface area contributed by atoms with Crippen LogP contribution < -0.4 is 10.2 Å².